The molecule has 0 amide bonds. The van der Waals surface area contributed by atoms with Crippen molar-refractivity contribution in [3.8, 4) is 0 Å². The van der Waals surface area contributed by atoms with Crippen LogP contribution >= 0.6 is 17.1 Å². The van der Waals surface area contributed by atoms with E-state index >= 15 is 0 Å². The number of nitrogens with zero attached hydrogens (tertiary/aromatic N) is 2. The smallest absolute Gasteiger partial charge is 0.247 e. The Balaban J connectivity index is 1.68. The number of hydrogen-bond donors (Lipinski definition) is 1. The zero-order valence-electron chi connectivity index (χ0n) is 25.0. The highest BCUT2D eigenvalue weighted by atomic mass is 32.9. The Bertz CT molecular complexity index is 866. The maximum absolute atomic E-state index is 6.33. The molecule has 0 aliphatic rings. The lowest BCUT2D eigenvalue weighted by Crippen LogP contribution is -1.98. The highest BCUT2D eigenvalue weighted by Gasteiger charge is 2.21. The number of para-hydroxylation sites is 1. The first kappa shape index (κ1) is 34.7. The number of unbranched alkanes of at least 4 members (excludes halogenated alkanes) is 18. The molecule has 0 aliphatic carbocycles. The molecule has 0 bridgehead atoms. The second-order valence-electron chi connectivity index (χ2n) is 10.9. The molecule has 2 aromatic rings. The van der Waals surface area contributed by atoms with Crippen LogP contribution in [0.4, 0.5) is 0 Å². The Morgan fingerprint density at radius 3 is 1.62 bits per heavy atom. The van der Waals surface area contributed by atoms with Crippen molar-refractivity contribution in [3.05, 3.63) is 23.8 Å². The molecule has 1 heterocycles. The molecule has 2 rings (SSSR count). The van der Waals surface area contributed by atoms with Crippen molar-refractivity contribution in [2.24, 2.45) is 0 Å². The highest BCUT2D eigenvalue weighted by molar-refractivity contribution is 8.67. The van der Waals surface area contributed by atoms with Crippen molar-refractivity contribution in [2.75, 3.05) is 13.2 Å². The first-order chi connectivity index (χ1) is 19.2. The normalized spacial score (nSPS) is 12.1. The van der Waals surface area contributed by atoms with E-state index in [1.807, 2.05) is 12.1 Å². The summed E-state index contributed by atoms with van der Waals surface area (Å²) in [6.07, 6.45) is 26.3. The molecule has 0 saturated carbocycles. The highest BCUT2D eigenvalue weighted by Crippen LogP contribution is 2.62. The van der Waals surface area contributed by atoms with Crippen molar-refractivity contribution >= 4 is 39.9 Å². The lowest BCUT2D eigenvalue weighted by molar-refractivity contribution is 0.249. The third kappa shape index (κ3) is 16.5. The Morgan fingerprint density at radius 1 is 0.667 bits per heavy atom. The lowest BCUT2D eigenvalue weighted by atomic mass is 10.1. The molecule has 0 spiro atoms. The third-order valence-corrected chi connectivity index (χ3v) is 12.6. The lowest BCUT2D eigenvalue weighted by Gasteiger charge is -2.22. The molecule has 1 aromatic heterocycles. The van der Waals surface area contributed by atoms with E-state index in [2.05, 4.69) is 35.3 Å². The van der Waals surface area contributed by atoms with Gasteiger partial charge in [-0.05, 0) is 36.3 Å². The molecule has 0 aliphatic heterocycles. The van der Waals surface area contributed by atoms with Crippen LogP contribution in [0.3, 0.4) is 0 Å². The summed E-state index contributed by atoms with van der Waals surface area (Å²) in [5.74, 6) is 0.733. The van der Waals surface area contributed by atoms with Crippen molar-refractivity contribution in [1.82, 2.24) is 15.4 Å². The number of H-pyrrole nitrogens is 1. The minimum absolute atomic E-state index is 0.701. The van der Waals surface area contributed by atoms with E-state index in [1.165, 1.54) is 116 Å². The molecule has 224 valence electrons. The molecular formula is C31H56N3O2PS2. The first-order valence-corrected chi connectivity index (χ1v) is 20.2. The van der Waals surface area contributed by atoms with Crippen LogP contribution in [0.5, 0.6) is 0 Å². The molecule has 1 N–H and O–H groups in total. The van der Waals surface area contributed by atoms with Gasteiger partial charge in [0.05, 0.1) is 13.2 Å². The van der Waals surface area contributed by atoms with Gasteiger partial charge in [-0.1, -0.05) is 153 Å². The number of benzene rings is 1. The Morgan fingerprint density at radius 2 is 1.13 bits per heavy atom. The van der Waals surface area contributed by atoms with Gasteiger partial charge in [0.15, 0.2) is 0 Å². The van der Waals surface area contributed by atoms with Crippen LogP contribution in [0.25, 0.3) is 11.0 Å². The van der Waals surface area contributed by atoms with Crippen LogP contribution in [0.15, 0.2) is 18.2 Å². The fourth-order valence-corrected chi connectivity index (χ4v) is 9.00. The van der Waals surface area contributed by atoms with Crippen LogP contribution in [-0.4, -0.2) is 28.6 Å². The average molecular weight is 598 g/mol. The Kier molecular flexibility index (Phi) is 20.6. The van der Waals surface area contributed by atoms with E-state index in [1.54, 1.807) is 11.4 Å². The van der Waals surface area contributed by atoms with Gasteiger partial charge >= 0.3 is 0 Å². The number of nitrogens with one attached hydrogen (secondary N) is 1. The van der Waals surface area contributed by atoms with Crippen LogP contribution < -0.4 is 0 Å². The summed E-state index contributed by atoms with van der Waals surface area (Å²) < 4.78 is 12.7. The summed E-state index contributed by atoms with van der Waals surface area (Å²) in [7, 11) is 0. The van der Waals surface area contributed by atoms with Gasteiger partial charge < -0.3 is 9.05 Å². The number of hydrogen-bond acceptors (Lipinski definition) is 6. The van der Waals surface area contributed by atoms with Gasteiger partial charge in [-0.2, -0.15) is 15.4 Å². The van der Waals surface area contributed by atoms with Gasteiger partial charge in [0.2, 0.25) is 5.69 Å². The van der Waals surface area contributed by atoms with E-state index in [-0.39, 0.29) is 0 Å². The summed E-state index contributed by atoms with van der Waals surface area (Å²) in [5.41, 5.74) is 0.524. The molecule has 0 fully saturated rings. The van der Waals surface area contributed by atoms with Crippen LogP contribution in [0, 0.1) is 0 Å². The predicted octanol–water partition coefficient (Wildman–Crippen LogP) is 11.3. The molecule has 8 heteroatoms. The summed E-state index contributed by atoms with van der Waals surface area (Å²) in [5, 5.41) is 11.3. The van der Waals surface area contributed by atoms with Gasteiger partial charge in [0.25, 0.3) is 0 Å². The van der Waals surface area contributed by atoms with Crippen molar-refractivity contribution in [2.45, 2.75) is 148 Å². The fourth-order valence-electron chi connectivity index (χ4n) is 4.83. The third-order valence-electron chi connectivity index (χ3n) is 7.30. The molecule has 1 aromatic carbocycles. The molecule has 0 unspecified atom stereocenters. The SMILES string of the molecule is CCCCCCCCCCCCOP(=S)(OCCCCCCCCCCCC)SCc1cccc2n[nH]nc12. The Labute approximate surface area is 248 Å². The van der Waals surface area contributed by atoms with E-state index < -0.39 is 5.69 Å². The van der Waals surface area contributed by atoms with Crippen molar-refractivity contribution in [3.63, 3.8) is 0 Å². The molecule has 0 atom stereocenters. The maximum atomic E-state index is 6.33. The number of aromatic amines is 1. The fraction of sp³-hybridized carbons (Fsp3) is 0.806. The number of aromatic nitrogens is 3. The Hall–Kier alpha value is -0.460. The second-order valence-corrected chi connectivity index (χ2v) is 17.2. The van der Waals surface area contributed by atoms with Crippen molar-refractivity contribution < 1.29 is 9.05 Å². The zero-order chi connectivity index (χ0) is 27.9. The quantitative estimate of drug-likeness (QED) is 0.0816. The summed E-state index contributed by atoms with van der Waals surface area (Å²) in [6, 6.07) is 6.11. The minimum atomic E-state index is -2.41. The summed E-state index contributed by atoms with van der Waals surface area (Å²) >= 11 is 7.69. The summed E-state index contributed by atoms with van der Waals surface area (Å²) in [4.78, 5) is 0. The van der Waals surface area contributed by atoms with Gasteiger partial charge in [-0.3, -0.25) is 0 Å². The standard InChI is InChI=1S/C31H56N3O2PS2/c1-3-5-7-9-11-13-15-17-19-21-26-35-37(38,36-27-22-20-18-16-14-12-10-8-6-4-2)39-28-29-24-23-25-30-31(29)33-34-32-30/h23-25H,3-22,26-28H2,1-2H3,(H,32,33,34). The van der Waals surface area contributed by atoms with E-state index in [9.17, 15) is 0 Å². The topological polar surface area (TPSA) is 60.0 Å². The molecule has 5 nitrogen and oxygen atoms in total. The van der Waals surface area contributed by atoms with E-state index in [0.29, 0.717) is 13.2 Å². The monoisotopic (exact) mass is 597 g/mol. The molecule has 0 saturated heterocycles. The average Bonchev–Trinajstić information content (AvgIpc) is 3.43. The molecule has 39 heavy (non-hydrogen) atoms. The molecule has 0 radical (unpaired) electrons. The van der Waals surface area contributed by atoms with Crippen LogP contribution in [-0.2, 0) is 26.6 Å². The zero-order valence-corrected chi connectivity index (χ0v) is 27.5. The van der Waals surface area contributed by atoms with Gasteiger partial charge in [-0.25, -0.2) is 0 Å². The van der Waals surface area contributed by atoms with Crippen LogP contribution in [0.2, 0.25) is 0 Å². The minimum Gasteiger partial charge on any atom is -0.322 e. The van der Waals surface area contributed by atoms with Gasteiger partial charge in [0.1, 0.15) is 11.0 Å². The number of rotatable bonds is 27. The van der Waals surface area contributed by atoms with Gasteiger partial charge in [-0.15, -0.1) is 0 Å². The molecular weight excluding hydrogens is 541 g/mol. The first-order valence-electron chi connectivity index (χ1n) is 16.0. The number of fused-ring (bicyclic) bond motifs is 1. The predicted molar refractivity (Wildman–Crippen MR) is 175 cm³/mol. The second kappa shape index (κ2) is 23.1. The largest absolute Gasteiger partial charge is 0.322 e. The summed E-state index contributed by atoms with van der Waals surface area (Å²) in [6.45, 7) is 5.96. The maximum Gasteiger partial charge on any atom is 0.247 e. The van der Waals surface area contributed by atoms with E-state index in [0.717, 1.165) is 35.2 Å². The van der Waals surface area contributed by atoms with Crippen LogP contribution in [0.1, 0.15) is 148 Å². The van der Waals surface area contributed by atoms with Gasteiger partial charge in [0, 0.05) is 5.75 Å². The van der Waals surface area contributed by atoms with E-state index in [4.69, 9.17) is 20.9 Å². The van der Waals surface area contributed by atoms with Crippen molar-refractivity contribution in [1.29, 1.82) is 0 Å².